The molecule has 0 radical (unpaired) electrons. The first-order valence-electron chi connectivity index (χ1n) is 34.9. The number of unbranched alkanes of at least 4 members (excludes halogenated alkanes) is 42. The molecule has 0 saturated carbocycles. The van der Waals surface area contributed by atoms with Crippen LogP contribution < -0.4 is 0 Å². The minimum atomic E-state index is -0.833. The first-order valence-corrected chi connectivity index (χ1v) is 34.9. The van der Waals surface area contributed by atoms with Gasteiger partial charge in [-0.25, -0.2) is 0 Å². The molecule has 0 aliphatic heterocycles. The van der Waals surface area contributed by atoms with E-state index in [1.54, 1.807) is 6.08 Å². The van der Waals surface area contributed by atoms with E-state index in [2.05, 4.69) is 81.5 Å². The third-order valence-corrected chi connectivity index (χ3v) is 15.5. The second-order valence-electron chi connectivity index (χ2n) is 23.4. The Kier molecular flexibility index (Phi) is 65.7. The minimum absolute atomic E-state index is 0.0977. The second kappa shape index (κ2) is 68.3. The highest BCUT2D eigenvalue weighted by Gasteiger charge is 2.19. The van der Waals surface area contributed by atoms with Crippen LogP contribution in [0.3, 0.4) is 0 Å². The molecular weight excluding hydrogens is 985 g/mol. The first kappa shape index (κ1) is 76.9. The fourth-order valence-corrected chi connectivity index (χ4v) is 10.3. The van der Waals surface area contributed by atoms with Crippen molar-refractivity contribution in [3.63, 3.8) is 0 Å². The largest absolute Gasteiger partial charge is 0.462 e. The fraction of sp³-hybridized carbons (Fsp3) is 0.797. The number of esters is 3. The molecule has 1 unspecified atom stereocenters. The summed E-state index contributed by atoms with van der Waals surface area (Å²) in [4.78, 5) is 38.2. The Labute approximate surface area is 497 Å². The van der Waals surface area contributed by atoms with Crippen LogP contribution in [-0.2, 0) is 28.6 Å². The number of rotatable bonds is 64. The summed E-state index contributed by atoms with van der Waals surface area (Å²) in [6.45, 7) is 6.47. The van der Waals surface area contributed by atoms with Crippen LogP contribution in [0, 0.1) is 0 Å². The Morgan fingerprint density at radius 1 is 0.275 bits per heavy atom. The Bertz CT molecular complexity index is 1470. The van der Waals surface area contributed by atoms with Gasteiger partial charge in [0.05, 0.1) is 6.42 Å². The number of hydrogen-bond donors (Lipinski definition) is 0. The third-order valence-electron chi connectivity index (χ3n) is 15.5. The smallest absolute Gasteiger partial charge is 0.310 e. The fourth-order valence-electron chi connectivity index (χ4n) is 10.3. The monoisotopic (exact) mass is 1120 g/mol. The summed E-state index contributed by atoms with van der Waals surface area (Å²) in [7, 11) is 0. The lowest BCUT2D eigenvalue weighted by Crippen LogP contribution is -2.30. The Morgan fingerprint density at radius 3 is 0.812 bits per heavy atom. The van der Waals surface area contributed by atoms with Crippen molar-refractivity contribution in [3.05, 3.63) is 72.9 Å². The van der Waals surface area contributed by atoms with Gasteiger partial charge in [0.1, 0.15) is 13.2 Å². The third kappa shape index (κ3) is 65.7. The molecule has 0 amide bonds. The summed E-state index contributed by atoms with van der Waals surface area (Å²) in [5.74, 6) is -1.04. The van der Waals surface area contributed by atoms with Gasteiger partial charge >= 0.3 is 17.9 Å². The highest BCUT2D eigenvalue weighted by molar-refractivity contribution is 5.72. The molecule has 0 saturated heterocycles. The summed E-state index contributed by atoms with van der Waals surface area (Å²) >= 11 is 0. The van der Waals surface area contributed by atoms with Crippen LogP contribution >= 0.6 is 0 Å². The van der Waals surface area contributed by atoms with Gasteiger partial charge in [0.15, 0.2) is 6.10 Å². The van der Waals surface area contributed by atoms with E-state index in [1.165, 1.54) is 238 Å². The van der Waals surface area contributed by atoms with Crippen molar-refractivity contribution < 1.29 is 28.6 Å². The topological polar surface area (TPSA) is 78.9 Å². The molecule has 0 aromatic carbocycles. The SMILES string of the molecule is CC/C=C\C/C=C\C/C=C\C/C=C\C/C=C\CC(=O)OC(COC(=O)CCCCCCC/C=C\CCCCCCC)COC(=O)CCCCCCCCCCCCCCCCCCCCCCCCCCCCCCCCCCC. The summed E-state index contributed by atoms with van der Waals surface area (Å²) in [6.07, 6.45) is 89.9. The van der Waals surface area contributed by atoms with Gasteiger partial charge < -0.3 is 14.2 Å². The maximum Gasteiger partial charge on any atom is 0.310 e. The van der Waals surface area contributed by atoms with Crippen LogP contribution in [-0.4, -0.2) is 37.2 Å². The van der Waals surface area contributed by atoms with E-state index in [0.717, 1.165) is 83.5 Å². The van der Waals surface area contributed by atoms with E-state index in [1.807, 2.05) is 6.08 Å². The van der Waals surface area contributed by atoms with Crippen LogP contribution in [0.2, 0.25) is 0 Å². The van der Waals surface area contributed by atoms with Crippen molar-refractivity contribution in [1.82, 2.24) is 0 Å². The van der Waals surface area contributed by atoms with Gasteiger partial charge in [-0.3, -0.25) is 14.4 Å². The summed E-state index contributed by atoms with van der Waals surface area (Å²) in [5.41, 5.74) is 0. The molecule has 6 nitrogen and oxygen atoms in total. The Balaban J connectivity index is 4.16. The predicted octanol–water partition coefficient (Wildman–Crippen LogP) is 24.1. The van der Waals surface area contributed by atoms with Gasteiger partial charge in [-0.05, 0) is 70.6 Å². The molecule has 0 spiro atoms. The molecule has 0 N–H and O–H groups in total. The van der Waals surface area contributed by atoms with Crippen LogP contribution in [0.25, 0.3) is 0 Å². The highest BCUT2D eigenvalue weighted by Crippen LogP contribution is 2.18. The van der Waals surface area contributed by atoms with E-state index in [4.69, 9.17) is 14.2 Å². The average Bonchev–Trinajstić information content (AvgIpc) is 3.46. The Morgan fingerprint density at radius 2 is 0.525 bits per heavy atom. The van der Waals surface area contributed by atoms with Crippen LogP contribution in [0.1, 0.15) is 361 Å². The molecule has 80 heavy (non-hydrogen) atoms. The number of carbonyl (C=O) groups is 3. The minimum Gasteiger partial charge on any atom is -0.462 e. The quantitative estimate of drug-likeness (QED) is 0.0261. The summed E-state index contributed by atoms with van der Waals surface area (Å²) in [5, 5.41) is 0. The van der Waals surface area contributed by atoms with E-state index in [0.29, 0.717) is 12.8 Å². The van der Waals surface area contributed by atoms with Crippen molar-refractivity contribution in [1.29, 1.82) is 0 Å². The van der Waals surface area contributed by atoms with Crippen molar-refractivity contribution in [2.45, 2.75) is 367 Å². The lowest BCUT2D eigenvalue weighted by molar-refractivity contribution is -0.166. The van der Waals surface area contributed by atoms with Crippen molar-refractivity contribution in [3.8, 4) is 0 Å². The molecule has 464 valence electrons. The predicted molar refractivity (Wildman–Crippen MR) is 348 cm³/mol. The van der Waals surface area contributed by atoms with Crippen molar-refractivity contribution >= 4 is 17.9 Å². The lowest BCUT2D eigenvalue weighted by Gasteiger charge is -2.18. The Hall–Kier alpha value is -3.15. The summed E-state index contributed by atoms with van der Waals surface area (Å²) < 4.78 is 16.8. The van der Waals surface area contributed by atoms with Gasteiger partial charge in [-0.15, -0.1) is 0 Å². The molecule has 1 atom stereocenters. The van der Waals surface area contributed by atoms with Gasteiger partial charge in [0.25, 0.3) is 0 Å². The molecule has 0 fully saturated rings. The number of carbonyl (C=O) groups excluding carboxylic acids is 3. The molecule has 0 aromatic rings. The lowest BCUT2D eigenvalue weighted by atomic mass is 10.0. The van der Waals surface area contributed by atoms with E-state index in [9.17, 15) is 14.4 Å². The van der Waals surface area contributed by atoms with Crippen molar-refractivity contribution in [2.75, 3.05) is 13.2 Å². The molecule has 0 aromatic heterocycles. The van der Waals surface area contributed by atoms with Gasteiger partial charge in [0.2, 0.25) is 0 Å². The molecule has 0 bridgehead atoms. The van der Waals surface area contributed by atoms with Gasteiger partial charge in [-0.1, -0.05) is 344 Å². The summed E-state index contributed by atoms with van der Waals surface area (Å²) in [6, 6.07) is 0. The number of hydrogen-bond acceptors (Lipinski definition) is 6. The average molecular weight is 1120 g/mol. The second-order valence-corrected chi connectivity index (χ2v) is 23.4. The standard InChI is InChI=1S/C74H132O6/c1-4-7-10-13-16-19-22-25-28-29-30-31-32-33-34-35-36-37-38-39-40-41-42-43-44-45-47-49-52-55-58-61-64-67-73(76)79-70-71(69-78-72(75)66-63-60-57-54-51-48-27-24-21-18-15-12-9-6-3)80-74(77)68-65-62-59-56-53-50-46-26-23-20-17-14-11-8-5-2/h8,11,17,20,24,26-27,46,53,56,62,65,71H,4-7,9-10,12-16,18-19,21-23,25,28-45,47-52,54-55,57-61,63-64,66-70H2,1-3H3/b11-8-,20-17-,27-24-,46-26-,56-53-,65-62-. The van der Waals surface area contributed by atoms with E-state index in [-0.39, 0.29) is 31.6 Å². The molecule has 0 aliphatic rings. The highest BCUT2D eigenvalue weighted by atomic mass is 16.6. The number of allylic oxidation sites excluding steroid dienone is 11. The first-order chi connectivity index (χ1) is 39.5. The van der Waals surface area contributed by atoms with Gasteiger partial charge in [-0.2, -0.15) is 0 Å². The van der Waals surface area contributed by atoms with Crippen LogP contribution in [0.5, 0.6) is 0 Å². The normalized spacial score (nSPS) is 12.5. The van der Waals surface area contributed by atoms with E-state index < -0.39 is 12.1 Å². The molecular formula is C74H132O6. The zero-order valence-electron chi connectivity index (χ0n) is 53.3. The molecule has 6 heteroatoms. The maximum atomic E-state index is 12.8. The molecule has 0 rings (SSSR count). The zero-order valence-corrected chi connectivity index (χ0v) is 53.3. The van der Waals surface area contributed by atoms with E-state index >= 15 is 0 Å². The van der Waals surface area contributed by atoms with Crippen LogP contribution in [0.15, 0.2) is 72.9 Å². The maximum absolute atomic E-state index is 12.8. The van der Waals surface area contributed by atoms with Gasteiger partial charge in [0, 0.05) is 12.8 Å². The zero-order chi connectivity index (χ0) is 57.8. The molecule has 0 aliphatic carbocycles. The van der Waals surface area contributed by atoms with Crippen LogP contribution in [0.4, 0.5) is 0 Å². The number of ether oxygens (including phenoxy) is 3. The van der Waals surface area contributed by atoms with Crippen molar-refractivity contribution in [2.24, 2.45) is 0 Å². The molecule has 0 heterocycles.